The van der Waals surface area contributed by atoms with Crippen LogP contribution in [0.1, 0.15) is 24.0 Å². The van der Waals surface area contributed by atoms with Gasteiger partial charge in [-0.1, -0.05) is 72.8 Å². The summed E-state index contributed by atoms with van der Waals surface area (Å²) in [5.41, 5.74) is 5.52. The molecule has 1 heterocycles. The number of ether oxygens (including phenoxy) is 1. The summed E-state index contributed by atoms with van der Waals surface area (Å²) >= 11 is 0. The minimum absolute atomic E-state index is 0.0398. The topological polar surface area (TPSA) is 41.6 Å². The van der Waals surface area contributed by atoms with Crippen molar-refractivity contribution in [2.45, 2.75) is 32.4 Å². The second kappa shape index (κ2) is 9.59. The van der Waals surface area contributed by atoms with Crippen molar-refractivity contribution in [3.8, 4) is 11.1 Å². The van der Waals surface area contributed by atoms with Crippen LogP contribution < -0.4 is 5.32 Å². The fourth-order valence-corrected chi connectivity index (χ4v) is 3.97. The number of aryl methyl sites for hydroxylation is 1. The number of carbonyl (C=O) groups is 1. The number of hydrogen-bond acceptors (Lipinski definition) is 3. The van der Waals surface area contributed by atoms with Crippen LogP contribution in [0.2, 0.25) is 0 Å². The maximum Gasteiger partial charge on any atom is 0.411 e. The summed E-state index contributed by atoms with van der Waals surface area (Å²) in [6, 6.07) is 26.4. The lowest BCUT2D eigenvalue weighted by Gasteiger charge is -2.32. The third kappa shape index (κ3) is 5.08. The highest BCUT2D eigenvalue weighted by atomic mass is 16.6. The second-order valence-electron chi connectivity index (χ2n) is 7.84. The number of benzene rings is 3. The molecule has 0 atom stereocenters. The molecule has 4 nitrogen and oxygen atoms in total. The van der Waals surface area contributed by atoms with Crippen LogP contribution in [0.15, 0.2) is 78.9 Å². The lowest BCUT2D eigenvalue weighted by Crippen LogP contribution is -2.38. The van der Waals surface area contributed by atoms with Crippen LogP contribution in [0.4, 0.5) is 10.5 Å². The van der Waals surface area contributed by atoms with Crippen LogP contribution in [0.5, 0.6) is 0 Å². The SMILES string of the molecule is Cc1ccccc1CN1CCC(OC(=O)Nc2ccccc2-c2ccccc2)CC1. The van der Waals surface area contributed by atoms with Crippen LogP contribution in [0.25, 0.3) is 11.1 Å². The normalized spacial score (nSPS) is 15.0. The zero-order chi connectivity index (χ0) is 20.8. The predicted molar refractivity (Wildman–Crippen MR) is 121 cm³/mol. The van der Waals surface area contributed by atoms with Crippen LogP contribution in [0.3, 0.4) is 0 Å². The van der Waals surface area contributed by atoms with Gasteiger partial charge < -0.3 is 4.74 Å². The number of anilines is 1. The van der Waals surface area contributed by atoms with E-state index in [4.69, 9.17) is 4.74 Å². The Morgan fingerprint density at radius 3 is 2.37 bits per heavy atom. The van der Waals surface area contributed by atoms with Crippen LogP contribution in [0, 0.1) is 6.92 Å². The number of amides is 1. The van der Waals surface area contributed by atoms with Gasteiger partial charge in [0.1, 0.15) is 6.10 Å². The van der Waals surface area contributed by atoms with Gasteiger partial charge in [-0.25, -0.2) is 4.79 Å². The molecule has 0 saturated carbocycles. The van der Waals surface area contributed by atoms with E-state index >= 15 is 0 Å². The zero-order valence-corrected chi connectivity index (χ0v) is 17.4. The van der Waals surface area contributed by atoms with E-state index in [0.29, 0.717) is 0 Å². The highest BCUT2D eigenvalue weighted by Crippen LogP contribution is 2.28. The largest absolute Gasteiger partial charge is 0.446 e. The summed E-state index contributed by atoms with van der Waals surface area (Å²) in [6.45, 7) is 4.98. The van der Waals surface area contributed by atoms with Crippen molar-refractivity contribution < 1.29 is 9.53 Å². The van der Waals surface area contributed by atoms with Gasteiger partial charge in [-0.05, 0) is 42.5 Å². The van der Waals surface area contributed by atoms with Gasteiger partial charge in [0.15, 0.2) is 0 Å². The molecule has 30 heavy (non-hydrogen) atoms. The minimum Gasteiger partial charge on any atom is -0.446 e. The van der Waals surface area contributed by atoms with Gasteiger partial charge in [0.05, 0.1) is 5.69 Å². The Labute approximate surface area is 178 Å². The van der Waals surface area contributed by atoms with E-state index in [0.717, 1.165) is 49.3 Å². The van der Waals surface area contributed by atoms with Crippen LogP contribution in [-0.2, 0) is 11.3 Å². The Morgan fingerprint density at radius 2 is 1.60 bits per heavy atom. The van der Waals surface area contributed by atoms with Gasteiger partial charge >= 0.3 is 6.09 Å². The smallest absolute Gasteiger partial charge is 0.411 e. The Balaban J connectivity index is 1.30. The molecule has 0 unspecified atom stereocenters. The highest BCUT2D eigenvalue weighted by molar-refractivity contribution is 5.91. The van der Waals surface area contributed by atoms with E-state index in [-0.39, 0.29) is 12.2 Å². The average Bonchev–Trinajstić information content (AvgIpc) is 2.78. The molecule has 1 amide bonds. The summed E-state index contributed by atoms with van der Waals surface area (Å²) < 4.78 is 5.73. The summed E-state index contributed by atoms with van der Waals surface area (Å²) in [5.74, 6) is 0. The first-order chi connectivity index (χ1) is 14.7. The van der Waals surface area contributed by atoms with Crippen molar-refractivity contribution in [1.29, 1.82) is 0 Å². The average molecular weight is 401 g/mol. The Hall–Kier alpha value is -3.11. The van der Waals surface area contributed by atoms with Gasteiger partial charge in [0.25, 0.3) is 0 Å². The van der Waals surface area contributed by atoms with E-state index < -0.39 is 0 Å². The lowest BCUT2D eigenvalue weighted by atomic mass is 10.0. The minimum atomic E-state index is -0.379. The molecule has 1 aliphatic heterocycles. The number of piperidine rings is 1. The molecule has 3 aromatic carbocycles. The second-order valence-corrected chi connectivity index (χ2v) is 7.84. The van der Waals surface area contributed by atoms with Gasteiger partial charge in [0.2, 0.25) is 0 Å². The number of rotatable bonds is 5. The van der Waals surface area contributed by atoms with E-state index in [1.54, 1.807) is 0 Å². The molecule has 1 N–H and O–H groups in total. The van der Waals surface area contributed by atoms with Crippen LogP contribution >= 0.6 is 0 Å². The van der Waals surface area contributed by atoms with Gasteiger partial charge in [-0.2, -0.15) is 0 Å². The standard InChI is InChI=1S/C26H28N2O2/c1-20-9-5-6-12-22(20)19-28-17-15-23(16-18-28)30-26(29)27-25-14-8-7-13-24(25)21-10-3-2-4-11-21/h2-14,23H,15-19H2,1H3,(H,27,29). The molecule has 1 aliphatic rings. The number of carbonyl (C=O) groups excluding carboxylic acids is 1. The van der Waals surface area contributed by atoms with E-state index in [9.17, 15) is 4.79 Å². The van der Waals surface area contributed by atoms with Crippen LogP contribution in [-0.4, -0.2) is 30.2 Å². The van der Waals surface area contributed by atoms with Crippen molar-refractivity contribution in [3.63, 3.8) is 0 Å². The fourth-order valence-electron chi connectivity index (χ4n) is 3.97. The third-order valence-corrected chi connectivity index (χ3v) is 5.71. The van der Waals surface area contributed by atoms with Crippen molar-refractivity contribution in [2.75, 3.05) is 18.4 Å². The molecule has 154 valence electrons. The number of likely N-dealkylation sites (tertiary alicyclic amines) is 1. The fraction of sp³-hybridized carbons (Fsp3) is 0.269. The first kappa shape index (κ1) is 20.2. The molecule has 0 bridgehead atoms. The summed E-state index contributed by atoms with van der Waals surface area (Å²) in [6.07, 6.45) is 1.30. The van der Waals surface area contributed by atoms with E-state index in [2.05, 4.69) is 41.4 Å². The first-order valence-corrected chi connectivity index (χ1v) is 10.6. The van der Waals surface area contributed by atoms with Crippen molar-refractivity contribution in [2.24, 2.45) is 0 Å². The molecule has 4 rings (SSSR count). The molecule has 3 aromatic rings. The molecule has 0 aromatic heterocycles. The summed E-state index contributed by atoms with van der Waals surface area (Å²) in [7, 11) is 0. The maximum atomic E-state index is 12.5. The first-order valence-electron chi connectivity index (χ1n) is 10.6. The highest BCUT2D eigenvalue weighted by Gasteiger charge is 2.23. The van der Waals surface area contributed by atoms with Crippen molar-refractivity contribution >= 4 is 11.8 Å². The number of nitrogens with zero attached hydrogens (tertiary/aromatic N) is 1. The van der Waals surface area contributed by atoms with Crippen molar-refractivity contribution in [1.82, 2.24) is 4.90 Å². The number of nitrogens with one attached hydrogen (secondary N) is 1. The zero-order valence-electron chi connectivity index (χ0n) is 17.4. The summed E-state index contributed by atoms with van der Waals surface area (Å²) in [4.78, 5) is 15.0. The molecular formula is C26H28N2O2. The molecular weight excluding hydrogens is 372 g/mol. The van der Waals surface area contributed by atoms with Crippen molar-refractivity contribution in [3.05, 3.63) is 90.0 Å². The van der Waals surface area contributed by atoms with E-state index in [1.807, 2.05) is 54.6 Å². The molecule has 1 fully saturated rings. The quantitative estimate of drug-likeness (QED) is 0.582. The predicted octanol–water partition coefficient (Wildman–Crippen LogP) is 5.88. The number of hydrogen-bond donors (Lipinski definition) is 1. The van der Waals surface area contributed by atoms with E-state index in [1.165, 1.54) is 11.1 Å². The van der Waals surface area contributed by atoms with Gasteiger partial charge in [-0.15, -0.1) is 0 Å². The van der Waals surface area contributed by atoms with Gasteiger partial charge in [-0.3, -0.25) is 10.2 Å². The summed E-state index contributed by atoms with van der Waals surface area (Å²) in [5, 5.41) is 2.94. The third-order valence-electron chi connectivity index (χ3n) is 5.71. The Morgan fingerprint density at radius 1 is 0.933 bits per heavy atom. The maximum absolute atomic E-state index is 12.5. The molecule has 4 heteroatoms. The number of para-hydroxylation sites is 1. The monoisotopic (exact) mass is 400 g/mol. The molecule has 1 saturated heterocycles. The molecule has 0 radical (unpaired) electrons. The molecule has 0 aliphatic carbocycles. The Bertz CT molecular complexity index is 979. The lowest BCUT2D eigenvalue weighted by molar-refractivity contribution is 0.0566. The van der Waals surface area contributed by atoms with Gasteiger partial charge in [0, 0.05) is 25.2 Å². The Kier molecular flexibility index (Phi) is 6.45. The molecule has 0 spiro atoms.